The van der Waals surface area contributed by atoms with E-state index in [4.69, 9.17) is 20.9 Å². The van der Waals surface area contributed by atoms with E-state index in [-0.39, 0.29) is 17.7 Å². The van der Waals surface area contributed by atoms with E-state index in [0.717, 1.165) is 33.7 Å². The topological polar surface area (TPSA) is 96.3 Å². The Balaban J connectivity index is 2.19. The summed E-state index contributed by atoms with van der Waals surface area (Å²) in [7, 11) is 0. The third-order valence-corrected chi connectivity index (χ3v) is 4.81. The van der Waals surface area contributed by atoms with Gasteiger partial charge >= 0.3 is 0 Å². The van der Waals surface area contributed by atoms with Crippen LogP contribution in [0, 0.1) is 3.57 Å². The number of nitrogens with two attached hydrogens (primary N) is 2. The van der Waals surface area contributed by atoms with Crippen LogP contribution in [-0.2, 0) is 0 Å². The van der Waals surface area contributed by atoms with Crippen molar-refractivity contribution in [2.24, 2.45) is 0 Å². The first-order valence-electron chi connectivity index (χ1n) is 8.94. The van der Waals surface area contributed by atoms with Gasteiger partial charge in [0.15, 0.2) is 11.6 Å². The Morgan fingerprint density at radius 3 is 2.50 bits per heavy atom. The molecule has 0 radical (unpaired) electrons. The molecule has 2 aromatic rings. The largest absolute Gasteiger partial charge is 0.492 e. The predicted molar refractivity (Wildman–Crippen MR) is 114 cm³/mol. The molecule has 0 saturated heterocycles. The van der Waals surface area contributed by atoms with Gasteiger partial charge in [0.1, 0.15) is 11.5 Å². The number of rotatable bonds is 9. The van der Waals surface area contributed by atoms with Crippen LogP contribution in [0.25, 0.3) is 0 Å². The van der Waals surface area contributed by atoms with Gasteiger partial charge in [-0.3, -0.25) is 0 Å². The molecule has 4 N–H and O–H groups in total. The van der Waals surface area contributed by atoms with Crippen LogP contribution in [0.4, 0.5) is 11.8 Å². The first-order valence-corrected chi connectivity index (χ1v) is 10.0. The van der Waals surface area contributed by atoms with Crippen LogP contribution in [0.2, 0.25) is 0 Å². The summed E-state index contributed by atoms with van der Waals surface area (Å²) in [5.74, 6) is 2.62. The number of nitrogen functional groups attached to an aromatic ring is 2. The second kappa shape index (κ2) is 9.80. The summed E-state index contributed by atoms with van der Waals surface area (Å²) in [5, 5.41) is 0. The van der Waals surface area contributed by atoms with E-state index in [9.17, 15) is 0 Å². The van der Waals surface area contributed by atoms with Crippen LogP contribution in [0.1, 0.15) is 57.9 Å². The second-order valence-corrected chi connectivity index (χ2v) is 7.63. The number of aromatic nitrogens is 2. The Kier molecular flexibility index (Phi) is 7.74. The number of hydrogen-bond acceptors (Lipinski definition) is 6. The predicted octanol–water partition coefficient (Wildman–Crippen LogP) is 5.12. The molecule has 0 atom stereocenters. The second-order valence-electron chi connectivity index (χ2n) is 6.46. The Labute approximate surface area is 168 Å². The third kappa shape index (κ3) is 5.62. The van der Waals surface area contributed by atoms with Crippen molar-refractivity contribution in [2.45, 2.75) is 52.4 Å². The molecule has 7 heteroatoms. The minimum absolute atomic E-state index is 0.125. The van der Waals surface area contributed by atoms with Gasteiger partial charge < -0.3 is 20.9 Å². The molecule has 0 saturated carbocycles. The minimum Gasteiger partial charge on any atom is -0.492 e. The van der Waals surface area contributed by atoms with Gasteiger partial charge in [0, 0.05) is 5.56 Å². The van der Waals surface area contributed by atoms with Gasteiger partial charge in [-0.1, -0.05) is 40.0 Å². The maximum absolute atomic E-state index is 5.99. The molecule has 0 unspecified atom stereocenters. The Bertz CT molecular complexity index is 738. The number of benzene rings is 1. The number of anilines is 2. The summed E-state index contributed by atoms with van der Waals surface area (Å²) < 4.78 is 13.0. The monoisotopic (exact) mass is 470 g/mol. The summed E-state index contributed by atoms with van der Waals surface area (Å²) in [4.78, 5) is 7.89. The minimum atomic E-state index is 0.125. The van der Waals surface area contributed by atoms with Crippen LogP contribution >= 0.6 is 22.6 Å². The maximum atomic E-state index is 5.99. The molecule has 1 aromatic carbocycles. The van der Waals surface area contributed by atoms with Gasteiger partial charge in [-0.15, -0.1) is 0 Å². The lowest BCUT2D eigenvalue weighted by Gasteiger charge is -2.18. The van der Waals surface area contributed by atoms with E-state index >= 15 is 0 Å². The molecule has 0 bridgehead atoms. The molecule has 0 aliphatic carbocycles. The average Bonchev–Trinajstić information content (AvgIpc) is 2.58. The van der Waals surface area contributed by atoms with Crippen molar-refractivity contribution in [3.05, 3.63) is 27.5 Å². The van der Waals surface area contributed by atoms with Crippen molar-refractivity contribution in [3.8, 4) is 17.2 Å². The Hall–Kier alpha value is -1.77. The van der Waals surface area contributed by atoms with E-state index in [2.05, 4.69) is 59.4 Å². The van der Waals surface area contributed by atoms with Gasteiger partial charge in [0.2, 0.25) is 5.95 Å². The highest BCUT2D eigenvalue weighted by molar-refractivity contribution is 14.1. The van der Waals surface area contributed by atoms with Crippen LogP contribution in [-0.4, -0.2) is 16.6 Å². The standard InChI is InChI=1S/C19H27IN4O2/c1-4-5-6-7-8-25-16-9-13(12(2)3)15(10-14(16)20)26-17-11-23-19(22)24-18(17)21/h9-12H,4-8H2,1-3H3,(H4,21,22,23,24). The van der Waals surface area contributed by atoms with E-state index < -0.39 is 0 Å². The van der Waals surface area contributed by atoms with Crippen molar-refractivity contribution in [1.29, 1.82) is 0 Å². The van der Waals surface area contributed by atoms with E-state index in [1.54, 1.807) is 0 Å². The fraction of sp³-hybridized carbons (Fsp3) is 0.474. The molecule has 0 spiro atoms. The summed E-state index contributed by atoms with van der Waals surface area (Å²) in [6.45, 7) is 7.16. The van der Waals surface area contributed by atoms with Crippen LogP contribution in [0.5, 0.6) is 17.2 Å². The zero-order chi connectivity index (χ0) is 19.1. The third-order valence-electron chi connectivity index (χ3n) is 3.96. The summed E-state index contributed by atoms with van der Waals surface area (Å²) in [5.41, 5.74) is 12.5. The summed E-state index contributed by atoms with van der Waals surface area (Å²) in [6.07, 6.45) is 6.22. The van der Waals surface area contributed by atoms with Crippen LogP contribution in [0.15, 0.2) is 18.3 Å². The molecule has 0 aliphatic heterocycles. The molecule has 2 rings (SSSR count). The van der Waals surface area contributed by atoms with Crippen molar-refractivity contribution < 1.29 is 9.47 Å². The lowest BCUT2D eigenvalue weighted by Crippen LogP contribution is -2.04. The lowest BCUT2D eigenvalue weighted by molar-refractivity contribution is 0.302. The Morgan fingerprint density at radius 1 is 1.08 bits per heavy atom. The highest BCUT2D eigenvalue weighted by Gasteiger charge is 2.16. The highest BCUT2D eigenvalue weighted by Crippen LogP contribution is 2.37. The highest BCUT2D eigenvalue weighted by atomic mass is 127. The average molecular weight is 470 g/mol. The molecule has 0 fully saturated rings. The normalized spacial score (nSPS) is 11.0. The molecule has 0 amide bonds. The van der Waals surface area contributed by atoms with Crippen molar-refractivity contribution in [3.63, 3.8) is 0 Å². The van der Waals surface area contributed by atoms with E-state index in [1.165, 1.54) is 25.5 Å². The van der Waals surface area contributed by atoms with Gasteiger partial charge in [-0.25, -0.2) is 4.98 Å². The summed E-state index contributed by atoms with van der Waals surface area (Å²) >= 11 is 2.26. The van der Waals surface area contributed by atoms with Gasteiger partial charge in [0.05, 0.1) is 16.4 Å². The number of unbranched alkanes of at least 4 members (excludes halogenated alkanes) is 3. The van der Waals surface area contributed by atoms with Gasteiger partial charge in [0.25, 0.3) is 0 Å². The molecule has 1 aromatic heterocycles. The van der Waals surface area contributed by atoms with Gasteiger partial charge in [-0.05, 0) is 47.1 Å². The van der Waals surface area contributed by atoms with Crippen molar-refractivity contribution in [1.82, 2.24) is 9.97 Å². The molecule has 0 aliphatic rings. The van der Waals surface area contributed by atoms with Crippen LogP contribution in [0.3, 0.4) is 0 Å². The molecule has 1 heterocycles. The quantitative estimate of drug-likeness (QED) is 0.390. The first-order chi connectivity index (χ1) is 12.4. The maximum Gasteiger partial charge on any atom is 0.222 e. The smallest absolute Gasteiger partial charge is 0.222 e. The molecule has 6 nitrogen and oxygen atoms in total. The van der Waals surface area contributed by atoms with Crippen molar-refractivity contribution in [2.75, 3.05) is 18.1 Å². The van der Waals surface area contributed by atoms with E-state index in [0.29, 0.717) is 5.75 Å². The SMILES string of the molecule is CCCCCCOc1cc(C(C)C)c(Oc2cnc(N)nc2N)cc1I. The molecular weight excluding hydrogens is 443 g/mol. The first kappa shape index (κ1) is 20.5. The molecular formula is C19H27IN4O2. The van der Waals surface area contributed by atoms with Gasteiger partial charge in [-0.2, -0.15) is 4.98 Å². The molecule has 142 valence electrons. The number of hydrogen-bond donors (Lipinski definition) is 2. The lowest BCUT2D eigenvalue weighted by atomic mass is 10.0. The Morgan fingerprint density at radius 2 is 1.85 bits per heavy atom. The zero-order valence-electron chi connectivity index (χ0n) is 15.6. The van der Waals surface area contributed by atoms with Crippen molar-refractivity contribution >= 4 is 34.4 Å². The number of nitrogens with zero attached hydrogens (tertiary/aromatic N) is 2. The number of ether oxygens (including phenoxy) is 2. The fourth-order valence-electron chi connectivity index (χ4n) is 2.51. The van der Waals surface area contributed by atoms with E-state index in [1.807, 2.05) is 6.07 Å². The summed E-state index contributed by atoms with van der Waals surface area (Å²) in [6, 6.07) is 4.02. The number of halogens is 1. The molecule has 26 heavy (non-hydrogen) atoms. The zero-order valence-corrected chi connectivity index (χ0v) is 17.7. The fourth-order valence-corrected chi connectivity index (χ4v) is 3.10. The van der Waals surface area contributed by atoms with Crippen LogP contribution < -0.4 is 20.9 Å².